The van der Waals surface area contributed by atoms with E-state index in [1.54, 1.807) is 0 Å². The summed E-state index contributed by atoms with van der Waals surface area (Å²) in [6, 6.07) is 8.13. The Kier molecular flexibility index (Phi) is 6.46. The molecule has 3 rings (SSSR count). The van der Waals surface area contributed by atoms with Crippen LogP contribution in [0.3, 0.4) is 0 Å². The Morgan fingerprint density at radius 3 is 2.62 bits per heavy atom. The molecule has 1 amide bonds. The van der Waals surface area contributed by atoms with E-state index in [9.17, 15) is 4.79 Å². The van der Waals surface area contributed by atoms with Crippen molar-refractivity contribution in [1.29, 1.82) is 0 Å². The number of piperazine rings is 1. The van der Waals surface area contributed by atoms with Crippen molar-refractivity contribution in [3.63, 3.8) is 0 Å². The molecule has 140 valence electrons. The third-order valence-corrected chi connectivity index (χ3v) is 5.43. The van der Waals surface area contributed by atoms with Crippen LogP contribution in [0.5, 0.6) is 0 Å². The molecular formula is C20H27ClN4O. The number of nitrogens with zero attached hydrogens (tertiary/aromatic N) is 3. The van der Waals surface area contributed by atoms with Crippen molar-refractivity contribution in [2.24, 2.45) is 0 Å². The van der Waals surface area contributed by atoms with Crippen LogP contribution < -0.4 is 5.32 Å². The molecule has 0 radical (unpaired) electrons. The molecule has 6 heteroatoms. The lowest BCUT2D eigenvalue weighted by Crippen LogP contribution is -2.49. The number of hydrogen-bond donors (Lipinski definition) is 1. The summed E-state index contributed by atoms with van der Waals surface area (Å²) in [6.45, 7) is 9.74. The van der Waals surface area contributed by atoms with Crippen molar-refractivity contribution in [1.82, 2.24) is 20.1 Å². The van der Waals surface area contributed by atoms with Gasteiger partial charge in [-0.05, 0) is 25.0 Å². The zero-order chi connectivity index (χ0) is 18.5. The Bertz CT molecular complexity index is 772. The van der Waals surface area contributed by atoms with Gasteiger partial charge in [0, 0.05) is 44.7 Å². The molecule has 1 aromatic carbocycles. The zero-order valence-electron chi connectivity index (χ0n) is 15.6. The van der Waals surface area contributed by atoms with Gasteiger partial charge in [-0.15, -0.1) is 0 Å². The van der Waals surface area contributed by atoms with E-state index in [-0.39, 0.29) is 5.91 Å². The number of nitrogens with one attached hydrogen (secondary N) is 1. The summed E-state index contributed by atoms with van der Waals surface area (Å²) in [6.07, 6.45) is 0.971. The number of pyridine rings is 1. The number of rotatable bonds is 6. The van der Waals surface area contributed by atoms with Gasteiger partial charge in [-0.3, -0.25) is 14.6 Å². The number of para-hydroxylation sites is 1. The van der Waals surface area contributed by atoms with Crippen LogP contribution in [-0.4, -0.2) is 60.0 Å². The highest BCUT2D eigenvalue weighted by molar-refractivity contribution is 6.32. The molecule has 0 aliphatic carbocycles. The van der Waals surface area contributed by atoms with E-state index in [2.05, 4.69) is 35.0 Å². The normalized spacial score (nSPS) is 16.1. The van der Waals surface area contributed by atoms with E-state index in [4.69, 9.17) is 16.6 Å². The first-order valence-corrected chi connectivity index (χ1v) is 9.71. The molecule has 5 nitrogen and oxygen atoms in total. The minimum Gasteiger partial charge on any atom is -0.355 e. The number of aromatic nitrogens is 1. The van der Waals surface area contributed by atoms with Crippen LogP contribution in [0.25, 0.3) is 10.9 Å². The molecule has 0 saturated carbocycles. The summed E-state index contributed by atoms with van der Waals surface area (Å²) in [5.41, 5.74) is 3.03. The maximum absolute atomic E-state index is 11.9. The van der Waals surface area contributed by atoms with Crippen molar-refractivity contribution < 1.29 is 4.79 Å². The lowest BCUT2D eigenvalue weighted by atomic mass is 10.1. The van der Waals surface area contributed by atoms with Gasteiger partial charge in [-0.25, -0.2) is 4.98 Å². The lowest BCUT2D eigenvalue weighted by molar-refractivity contribution is -0.122. The van der Waals surface area contributed by atoms with E-state index >= 15 is 0 Å². The molecule has 0 bridgehead atoms. The van der Waals surface area contributed by atoms with Crippen molar-refractivity contribution in [2.75, 3.05) is 39.3 Å². The van der Waals surface area contributed by atoms with Crippen LogP contribution in [0.2, 0.25) is 5.02 Å². The van der Waals surface area contributed by atoms with Crippen LogP contribution in [-0.2, 0) is 11.3 Å². The number of carbonyl (C=O) groups is 1. The highest BCUT2D eigenvalue weighted by Gasteiger charge is 2.20. The molecule has 0 spiro atoms. The number of aryl methyl sites for hydroxylation is 1. The van der Waals surface area contributed by atoms with Gasteiger partial charge in [-0.1, -0.05) is 36.7 Å². The van der Waals surface area contributed by atoms with Crippen LogP contribution in [0.4, 0.5) is 0 Å². The summed E-state index contributed by atoms with van der Waals surface area (Å²) in [5.74, 6) is 0.121. The molecule has 1 aliphatic rings. The molecule has 1 fully saturated rings. The summed E-state index contributed by atoms with van der Waals surface area (Å²) in [4.78, 5) is 21.2. The van der Waals surface area contributed by atoms with Crippen LogP contribution in [0, 0.1) is 6.92 Å². The molecule has 2 aromatic rings. The van der Waals surface area contributed by atoms with E-state index in [0.717, 1.165) is 72.9 Å². The van der Waals surface area contributed by atoms with E-state index in [0.29, 0.717) is 6.54 Å². The fourth-order valence-corrected chi connectivity index (χ4v) is 3.57. The largest absolute Gasteiger partial charge is 0.355 e. The monoisotopic (exact) mass is 374 g/mol. The standard InChI is InChI=1S/C20H27ClN4O/c1-3-8-22-19(26)14-25-11-9-24(10-12-25)13-18-20(21)15(2)16-6-4-5-7-17(16)23-18/h4-7H,3,8-14H2,1-2H3,(H,22,26). The Balaban J connectivity index is 1.59. The molecule has 1 aliphatic heterocycles. The van der Waals surface area contributed by atoms with E-state index in [1.807, 2.05) is 18.2 Å². The van der Waals surface area contributed by atoms with E-state index < -0.39 is 0 Å². The molecule has 1 aromatic heterocycles. The third-order valence-electron chi connectivity index (χ3n) is 4.92. The average molecular weight is 375 g/mol. The van der Waals surface area contributed by atoms with Crippen molar-refractivity contribution >= 4 is 28.4 Å². The molecule has 1 saturated heterocycles. The maximum Gasteiger partial charge on any atom is 0.234 e. The number of carbonyl (C=O) groups excluding carboxylic acids is 1. The fourth-order valence-electron chi connectivity index (χ4n) is 3.36. The predicted octanol–water partition coefficient (Wildman–Crippen LogP) is 2.84. The molecular weight excluding hydrogens is 348 g/mol. The number of fused-ring (bicyclic) bond motifs is 1. The Hall–Kier alpha value is -1.69. The average Bonchev–Trinajstić information content (AvgIpc) is 2.66. The topological polar surface area (TPSA) is 48.5 Å². The predicted molar refractivity (Wildman–Crippen MR) is 107 cm³/mol. The number of hydrogen-bond acceptors (Lipinski definition) is 4. The van der Waals surface area contributed by atoms with Crippen molar-refractivity contribution in [2.45, 2.75) is 26.8 Å². The lowest BCUT2D eigenvalue weighted by Gasteiger charge is -2.34. The summed E-state index contributed by atoms with van der Waals surface area (Å²) in [7, 11) is 0. The van der Waals surface area contributed by atoms with Crippen molar-refractivity contribution in [3.8, 4) is 0 Å². The van der Waals surface area contributed by atoms with Gasteiger partial charge in [0.25, 0.3) is 0 Å². The van der Waals surface area contributed by atoms with Crippen molar-refractivity contribution in [3.05, 3.63) is 40.5 Å². The molecule has 1 N–H and O–H groups in total. The Labute approximate surface area is 160 Å². The second kappa shape index (κ2) is 8.80. The maximum atomic E-state index is 11.9. The zero-order valence-corrected chi connectivity index (χ0v) is 16.4. The van der Waals surface area contributed by atoms with Gasteiger partial charge < -0.3 is 5.32 Å². The minimum absolute atomic E-state index is 0.121. The summed E-state index contributed by atoms with van der Waals surface area (Å²) in [5, 5.41) is 4.82. The summed E-state index contributed by atoms with van der Waals surface area (Å²) < 4.78 is 0. The minimum atomic E-state index is 0.121. The van der Waals surface area contributed by atoms with Gasteiger partial charge >= 0.3 is 0 Å². The first-order valence-electron chi connectivity index (χ1n) is 9.33. The number of benzene rings is 1. The second-order valence-electron chi connectivity index (χ2n) is 6.92. The molecule has 2 heterocycles. The molecule has 0 atom stereocenters. The van der Waals surface area contributed by atoms with Gasteiger partial charge in [-0.2, -0.15) is 0 Å². The third kappa shape index (κ3) is 4.53. The van der Waals surface area contributed by atoms with Gasteiger partial charge in [0.1, 0.15) is 0 Å². The van der Waals surface area contributed by atoms with Gasteiger partial charge in [0.05, 0.1) is 22.8 Å². The SMILES string of the molecule is CCCNC(=O)CN1CCN(Cc2nc3ccccc3c(C)c2Cl)CC1. The van der Waals surface area contributed by atoms with Crippen LogP contribution in [0.15, 0.2) is 24.3 Å². The van der Waals surface area contributed by atoms with E-state index in [1.165, 1.54) is 0 Å². The number of amides is 1. The first kappa shape index (κ1) is 19.1. The van der Waals surface area contributed by atoms with Crippen LogP contribution >= 0.6 is 11.6 Å². The molecule has 0 unspecified atom stereocenters. The van der Waals surface area contributed by atoms with Gasteiger partial charge in [0.15, 0.2) is 0 Å². The van der Waals surface area contributed by atoms with Crippen LogP contribution in [0.1, 0.15) is 24.6 Å². The van der Waals surface area contributed by atoms with Gasteiger partial charge in [0.2, 0.25) is 5.91 Å². The second-order valence-corrected chi connectivity index (χ2v) is 7.29. The number of halogens is 1. The fraction of sp³-hybridized carbons (Fsp3) is 0.500. The smallest absolute Gasteiger partial charge is 0.234 e. The first-order chi connectivity index (χ1) is 12.6. The summed E-state index contributed by atoms with van der Waals surface area (Å²) >= 11 is 6.58. The highest BCUT2D eigenvalue weighted by Crippen LogP contribution is 2.27. The molecule has 26 heavy (non-hydrogen) atoms. The quantitative estimate of drug-likeness (QED) is 0.844. The Morgan fingerprint density at radius 1 is 1.19 bits per heavy atom. The Morgan fingerprint density at radius 2 is 1.88 bits per heavy atom. The highest BCUT2D eigenvalue weighted by atomic mass is 35.5.